The second-order valence-electron chi connectivity index (χ2n) is 7.88. The zero-order valence-corrected chi connectivity index (χ0v) is 17.3. The molecule has 0 aliphatic carbocycles. The molecule has 0 spiro atoms. The molecule has 1 fully saturated rings. The van der Waals surface area contributed by atoms with Gasteiger partial charge in [0.2, 0.25) is 11.8 Å². The standard InChI is InChI=1S/C25H32N2O2/c1-2-24(28)27-18-10-16-22(19-27)25(29)26-23(21-14-7-4-8-15-21)17-9-13-20-11-5-3-6-12-20/h3-8,11-12,14-15,22-23H,2,9-10,13,16-19H2,1H3,(H,26,29). The van der Waals surface area contributed by atoms with Crippen molar-refractivity contribution < 1.29 is 9.59 Å². The van der Waals surface area contributed by atoms with Gasteiger partial charge in [0.05, 0.1) is 12.0 Å². The lowest BCUT2D eigenvalue weighted by atomic mass is 9.94. The van der Waals surface area contributed by atoms with Gasteiger partial charge in [-0.2, -0.15) is 0 Å². The number of nitrogens with zero attached hydrogens (tertiary/aromatic N) is 1. The first-order chi connectivity index (χ1) is 14.2. The Kier molecular flexibility index (Phi) is 7.85. The van der Waals surface area contributed by atoms with Crippen LogP contribution in [-0.4, -0.2) is 29.8 Å². The Labute approximate surface area is 174 Å². The van der Waals surface area contributed by atoms with Crippen molar-refractivity contribution in [1.82, 2.24) is 10.2 Å². The maximum atomic E-state index is 13.0. The van der Waals surface area contributed by atoms with Crippen LogP contribution in [0.15, 0.2) is 60.7 Å². The largest absolute Gasteiger partial charge is 0.349 e. The molecule has 4 nitrogen and oxygen atoms in total. The third-order valence-electron chi connectivity index (χ3n) is 5.77. The minimum Gasteiger partial charge on any atom is -0.349 e. The zero-order valence-electron chi connectivity index (χ0n) is 17.3. The molecule has 0 saturated carbocycles. The van der Waals surface area contributed by atoms with Crippen LogP contribution in [0.5, 0.6) is 0 Å². The molecular weight excluding hydrogens is 360 g/mol. The van der Waals surface area contributed by atoms with Crippen LogP contribution in [0, 0.1) is 5.92 Å². The van der Waals surface area contributed by atoms with Crippen molar-refractivity contribution in [2.75, 3.05) is 13.1 Å². The molecule has 2 atom stereocenters. The molecule has 0 aromatic heterocycles. The summed E-state index contributed by atoms with van der Waals surface area (Å²) in [6, 6.07) is 20.7. The highest BCUT2D eigenvalue weighted by Gasteiger charge is 2.29. The molecule has 1 N–H and O–H groups in total. The van der Waals surface area contributed by atoms with E-state index in [9.17, 15) is 9.59 Å². The molecule has 1 heterocycles. The van der Waals surface area contributed by atoms with Crippen molar-refractivity contribution in [3.63, 3.8) is 0 Å². The molecule has 1 aliphatic heterocycles. The maximum Gasteiger partial charge on any atom is 0.225 e. The van der Waals surface area contributed by atoms with Crippen LogP contribution < -0.4 is 5.32 Å². The van der Waals surface area contributed by atoms with Gasteiger partial charge in [-0.3, -0.25) is 9.59 Å². The Morgan fingerprint density at radius 1 is 1.07 bits per heavy atom. The summed E-state index contributed by atoms with van der Waals surface area (Å²) < 4.78 is 0. The van der Waals surface area contributed by atoms with Crippen molar-refractivity contribution in [1.29, 1.82) is 0 Å². The van der Waals surface area contributed by atoms with Gasteiger partial charge in [0.25, 0.3) is 0 Å². The van der Waals surface area contributed by atoms with E-state index in [-0.39, 0.29) is 23.8 Å². The number of carbonyl (C=O) groups excluding carboxylic acids is 2. The molecule has 2 aromatic carbocycles. The molecule has 0 bridgehead atoms. The summed E-state index contributed by atoms with van der Waals surface area (Å²) in [5.74, 6) is 0.108. The van der Waals surface area contributed by atoms with E-state index in [1.807, 2.05) is 36.1 Å². The van der Waals surface area contributed by atoms with Crippen LogP contribution in [0.2, 0.25) is 0 Å². The van der Waals surface area contributed by atoms with Gasteiger partial charge < -0.3 is 10.2 Å². The number of rotatable bonds is 8. The van der Waals surface area contributed by atoms with E-state index in [2.05, 4.69) is 41.7 Å². The minimum absolute atomic E-state index is 0.00432. The van der Waals surface area contributed by atoms with E-state index in [0.717, 1.165) is 44.2 Å². The van der Waals surface area contributed by atoms with Crippen LogP contribution in [-0.2, 0) is 16.0 Å². The summed E-state index contributed by atoms with van der Waals surface area (Å²) in [6.45, 7) is 3.20. The number of hydrogen-bond donors (Lipinski definition) is 1. The molecular formula is C25H32N2O2. The highest BCUT2D eigenvalue weighted by Crippen LogP contribution is 2.23. The van der Waals surface area contributed by atoms with E-state index >= 15 is 0 Å². The number of benzene rings is 2. The van der Waals surface area contributed by atoms with Gasteiger partial charge in [0, 0.05) is 19.5 Å². The lowest BCUT2D eigenvalue weighted by Crippen LogP contribution is -2.46. The number of amides is 2. The molecule has 0 radical (unpaired) electrons. The first-order valence-electron chi connectivity index (χ1n) is 10.8. The maximum absolute atomic E-state index is 13.0. The Bertz CT molecular complexity index is 776. The topological polar surface area (TPSA) is 49.4 Å². The van der Waals surface area contributed by atoms with Crippen molar-refractivity contribution >= 4 is 11.8 Å². The van der Waals surface area contributed by atoms with Crippen molar-refractivity contribution in [3.8, 4) is 0 Å². The monoisotopic (exact) mass is 392 g/mol. The summed E-state index contributed by atoms with van der Waals surface area (Å²) in [7, 11) is 0. The van der Waals surface area contributed by atoms with Crippen LogP contribution in [0.4, 0.5) is 0 Å². The summed E-state index contributed by atoms with van der Waals surface area (Å²) in [5, 5.41) is 3.29. The van der Waals surface area contributed by atoms with Crippen LogP contribution >= 0.6 is 0 Å². The van der Waals surface area contributed by atoms with E-state index in [4.69, 9.17) is 0 Å². The molecule has 2 amide bonds. The fraction of sp³-hybridized carbons (Fsp3) is 0.440. The van der Waals surface area contributed by atoms with Gasteiger partial charge in [0.1, 0.15) is 0 Å². The van der Waals surface area contributed by atoms with E-state index in [1.165, 1.54) is 5.56 Å². The SMILES string of the molecule is CCC(=O)N1CCCC(C(=O)NC(CCCc2ccccc2)c2ccccc2)C1. The summed E-state index contributed by atoms with van der Waals surface area (Å²) in [4.78, 5) is 26.9. The number of aryl methyl sites for hydroxylation is 1. The molecule has 1 aliphatic rings. The Balaban J connectivity index is 1.61. The summed E-state index contributed by atoms with van der Waals surface area (Å²) in [6.07, 6.45) is 5.16. The smallest absolute Gasteiger partial charge is 0.225 e. The van der Waals surface area contributed by atoms with Gasteiger partial charge in [-0.1, -0.05) is 67.6 Å². The lowest BCUT2D eigenvalue weighted by molar-refractivity contribution is -0.135. The van der Waals surface area contributed by atoms with Gasteiger partial charge in [-0.15, -0.1) is 0 Å². The molecule has 29 heavy (non-hydrogen) atoms. The second-order valence-corrected chi connectivity index (χ2v) is 7.88. The normalized spacial score (nSPS) is 17.6. The van der Waals surface area contributed by atoms with Crippen LogP contribution in [0.25, 0.3) is 0 Å². The predicted octanol–water partition coefficient (Wildman–Crippen LogP) is 4.52. The molecule has 2 unspecified atom stereocenters. The first-order valence-corrected chi connectivity index (χ1v) is 10.8. The third-order valence-corrected chi connectivity index (χ3v) is 5.77. The average Bonchev–Trinajstić information content (AvgIpc) is 2.79. The fourth-order valence-corrected chi connectivity index (χ4v) is 4.09. The van der Waals surface area contributed by atoms with Crippen LogP contribution in [0.3, 0.4) is 0 Å². The second kappa shape index (κ2) is 10.8. The Hall–Kier alpha value is -2.62. The van der Waals surface area contributed by atoms with Gasteiger partial charge in [0.15, 0.2) is 0 Å². The van der Waals surface area contributed by atoms with Gasteiger partial charge >= 0.3 is 0 Å². The van der Waals surface area contributed by atoms with Crippen molar-refractivity contribution in [2.45, 2.75) is 51.5 Å². The van der Waals surface area contributed by atoms with Gasteiger partial charge in [-0.25, -0.2) is 0 Å². The molecule has 154 valence electrons. The third kappa shape index (κ3) is 6.18. The number of piperidine rings is 1. The zero-order chi connectivity index (χ0) is 20.5. The number of hydrogen-bond acceptors (Lipinski definition) is 2. The Morgan fingerprint density at radius 2 is 1.76 bits per heavy atom. The average molecular weight is 393 g/mol. The highest BCUT2D eigenvalue weighted by molar-refractivity contribution is 5.81. The van der Waals surface area contributed by atoms with Gasteiger partial charge in [-0.05, 0) is 43.2 Å². The number of nitrogens with one attached hydrogen (secondary N) is 1. The number of carbonyl (C=O) groups is 2. The van der Waals surface area contributed by atoms with Crippen LogP contribution in [0.1, 0.15) is 56.2 Å². The Morgan fingerprint density at radius 3 is 2.45 bits per heavy atom. The number of likely N-dealkylation sites (tertiary alicyclic amines) is 1. The summed E-state index contributed by atoms with van der Waals surface area (Å²) in [5.41, 5.74) is 2.47. The van der Waals surface area contributed by atoms with Crippen molar-refractivity contribution in [3.05, 3.63) is 71.8 Å². The molecule has 4 heteroatoms. The lowest BCUT2D eigenvalue weighted by Gasteiger charge is -2.33. The summed E-state index contributed by atoms with van der Waals surface area (Å²) >= 11 is 0. The van der Waals surface area contributed by atoms with E-state index < -0.39 is 0 Å². The molecule has 2 aromatic rings. The quantitative estimate of drug-likeness (QED) is 0.718. The first kappa shape index (κ1) is 21.1. The minimum atomic E-state index is -0.111. The van der Waals surface area contributed by atoms with Crippen molar-refractivity contribution in [2.24, 2.45) is 5.92 Å². The molecule has 1 saturated heterocycles. The van der Waals surface area contributed by atoms with E-state index in [1.54, 1.807) is 0 Å². The molecule has 3 rings (SSSR count). The van der Waals surface area contributed by atoms with E-state index in [0.29, 0.717) is 13.0 Å². The fourth-order valence-electron chi connectivity index (χ4n) is 4.09. The predicted molar refractivity (Wildman–Crippen MR) is 116 cm³/mol. The highest BCUT2D eigenvalue weighted by atomic mass is 16.2.